The van der Waals surface area contributed by atoms with Gasteiger partial charge in [-0.15, -0.1) is 0 Å². The molecule has 2 N–H and O–H groups in total. The minimum atomic E-state index is -0.112. The van der Waals surface area contributed by atoms with Gasteiger partial charge in [0, 0.05) is 77.5 Å². The normalized spacial score (nSPS) is 13.2. The van der Waals surface area contributed by atoms with Gasteiger partial charge in [-0.05, 0) is 60.7 Å². The van der Waals surface area contributed by atoms with Gasteiger partial charge >= 0.3 is 0 Å². The fraction of sp³-hybridized carbons (Fsp3) is 0.172. The summed E-state index contributed by atoms with van der Waals surface area (Å²) in [5, 5.41) is 6.92. The van der Waals surface area contributed by atoms with Crippen LogP contribution in [0.15, 0.2) is 79.0 Å². The molecule has 0 bridgehead atoms. The number of carbonyl (C=O) groups excluding carboxylic acids is 2. The highest BCUT2D eigenvalue weighted by atomic mass is 35.5. The summed E-state index contributed by atoms with van der Waals surface area (Å²) < 4.78 is 0. The summed E-state index contributed by atoms with van der Waals surface area (Å²) in [7, 11) is 0. The minimum absolute atomic E-state index is 0.0653. The van der Waals surface area contributed by atoms with Gasteiger partial charge in [-0.1, -0.05) is 35.3 Å². The van der Waals surface area contributed by atoms with Crippen LogP contribution in [0.3, 0.4) is 0 Å². The molecule has 1 aromatic heterocycles. The van der Waals surface area contributed by atoms with Gasteiger partial charge in [0.1, 0.15) is 0 Å². The molecule has 5 rings (SSSR count). The number of piperazine rings is 1. The predicted octanol–water partition coefficient (Wildman–Crippen LogP) is 6.11. The van der Waals surface area contributed by atoms with Gasteiger partial charge in [0.2, 0.25) is 11.9 Å². The molecule has 0 atom stereocenters. The summed E-state index contributed by atoms with van der Waals surface area (Å²) in [5.41, 5.74) is 4.87. The second-order valence-electron chi connectivity index (χ2n) is 9.13. The molecule has 0 unspecified atom stereocenters. The molecular formula is C29H26Cl2N6O2. The first kappa shape index (κ1) is 26.5. The number of aromatic nitrogens is 2. The fourth-order valence-corrected chi connectivity index (χ4v) is 4.95. The zero-order valence-corrected chi connectivity index (χ0v) is 22.7. The molecule has 0 spiro atoms. The quantitative estimate of drug-likeness (QED) is 0.295. The second-order valence-corrected chi connectivity index (χ2v) is 10.0. The third kappa shape index (κ3) is 6.66. The van der Waals surface area contributed by atoms with E-state index < -0.39 is 0 Å². The largest absolute Gasteiger partial charge is 0.368 e. The van der Waals surface area contributed by atoms with Crippen LogP contribution in [-0.4, -0.2) is 52.9 Å². The molecule has 2 amide bonds. The first-order valence-electron chi connectivity index (χ1n) is 12.4. The van der Waals surface area contributed by atoms with Gasteiger partial charge in [-0.25, -0.2) is 9.97 Å². The molecule has 0 saturated carbocycles. The molecule has 198 valence electrons. The number of benzene rings is 3. The van der Waals surface area contributed by atoms with Crippen molar-refractivity contribution in [1.82, 2.24) is 14.9 Å². The van der Waals surface area contributed by atoms with Crippen molar-refractivity contribution in [2.75, 3.05) is 41.7 Å². The van der Waals surface area contributed by atoms with Crippen LogP contribution in [0.4, 0.5) is 23.0 Å². The Morgan fingerprint density at radius 3 is 2.10 bits per heavy atom. The molecule has 39 heavy (non-hydrogen) atoms. The van der Waals surface area contributed by atoms with Crippen molar-refractivity contribution < 1.29 is 9.59 Å². The van der Waals surface area contributed by atoms with E-state index in [1.165, 1.54) is 6.92 Å². The molecule has 8 nitrogen and oxygen atoms in total. The van der Waals surface area contributed by atoms with Crippen LogP contribution < -0.4 is 15.5 Å². The topological polar surface area (TPSA) is 90.5 Å². The molecule has 4 aromatic rings. The summed E-state index contributed by atoms with van der Waals surface area (Å²) in [6, 6.07) is 22.3. The van der Waals surface area contributed by atoms with Crippen molar-refractivity contribution in [1.29, 1.82) is 0 Å². The third-order valence-corrected chi connectivity index (χ3v) is 6.76. The van der Waals surface area contributed by atoms with Crippen LogP contribution in [0.2, 0.25) is 10.0 Å². The average molecular weight is 561 g/mol. The number of amides is 2. The summed E-state index contributed by atoms with van der Waals surface area (Å²) in [4.78, 5) is 37.2. The van der Waals surface area contributed by atoms with Gasteiger partial charge in [0.05, 0.1) is 5.69 Å². The lowest BCUT2D eigenvalue weighted by molar-refractivity contribution is -0.114. The standard InChI is InChI=1S/C29H26Cl2N6O2/c1-19(38)33-24-4-2-20(3-5-24)27-10-11-32-29(35-27)34-25-6-8-26(9-7-25)36-12-14-37(15-13-36)28(39)21-16-22(30)18-23(31)17-21/h2-11,16-18H,12-15H2,1H3,(H,33,38)(H,32,34,35). The van der Waals surface area contributed by atoms with E-state index in [4.69, 9.17) is 23.2 Å². The lowest BCUT2D eigenvalue weighted by Crippen LogP contribution is -2.48. The lowest BCUT2D eigenvalue weighted by Gasteiger charge is -2.36. The predicted molar refractivity (Wildman–Crippen MR) is 156 cm³/mol. The molecule has 2 heterocycles. The lowest BCUT2D eigenvalue weighted by atomic mass is 10.1. The van der Waals surface area contributed by atoms with Gasteiger partial charge < -0.3 is 20.4 Å². The first-order chi connectivity index (χ1) is 18.8. The highest BCUT2D eigenvalue weighted by Gasteiger charge is 2.23. The Labute approximate surface area is 236 Å². The summed E-state index contributed by atoms with van der Waals surface area (Å²) in [6.45, 7) is 4.13. The molecule has 1 saturated heterocycles. The van der Waals surface area contributed by atoms with E-state index in [-0.39, 0.29) is 11.8 Å². The van der Waals surface area contributed by atoms with E-state index >= 15 is 0 Å². The van der Waals surface area contributed by atoms with E-state index in [0.717, 1.165) is 41.4 Å². The Kier molecular flexibility index (Phi) is 7.95. The Hall–Kier alpha value is -4.14. The van der Waals surface area contributed by atoms with Gasteiger partial charge in [-0.3, -0.25) is 9.59 Å². The number of nitrogens with one attached hydrogen (secondary N) is 2. The zero-order valence-electron chi connectivity index (χ0n) is 21.2. The van der Waals surface area contributed by atoms with Crippen molar-refractivity contribution in [3.05, 3.63) is 94.6 Å². The molecule has 1 aliphatic heterocycles. The van der Waals surface area contributed by atoms with Crippen molar-refractivity contribution >= 4 is 58.0 Å². The van der Waals surface area contributed by atoms with E-state index in [0.29, 0.717) is 34.6 Å². The number of anilines is 4. The smallest absolute Gasteiger partial charge is 0.254 e. The van der Waals surface area contributed by atoms with Crippen molar-refractivity contribution in [3.63, 3.8) is 0 Å². The van der Waals surface area contributed by atoms with Gasteiger partial charge in [0.15, 0.2) is 0 Å². The summed E-state index contributed by atoms with van der Waals surface area (Å²) in [5.74, 6) is 0.308. The van der Waals surface area contributed by atoms with E-state index in [9.17, 15) is 9.59 Å². The van der Waals surface area contributed by atoms with Crippen LogP contribution in [0.1, 0.15) is 17.3 Å². The number of hydrogen-bond donors (Lipinski definition) is 2. The Bertz CT molecular complexity index is 1470. The number of hydrogen-bond acceptors (Lipinski definition) is 6. The molecule has 0 radical (unpaired) electrons. The minimum Gasteiger partial charge on any atom is -0.368 e. The molecular weight excluding hydrogens is 535 g/mol. The van der Waals surface area contributed by atoms with Crippen molar-refractivity contribution in [2.24, 2.45) is 0 Å². The maximum atomic E-state index is 12.9. The third-order valence-electron chi connectivity index (χ3n) is 6.32. The molecule has 3 aromatic carbocycles. The van der Waals surface area contributed by atoms with Crippen LogP contribution in [0, 0.1) is 0 Å². The number of carbonyl (C=O) groups is 2. The first-order valence-corrected chi connectivity index (χ1v) is 13.2. The Balaban J connectivity index is 1.18. The van der Waals surface area contributed by atoms with Crippen molar-refractivity contribution in [2.45, 2.75) is 6.92 Å². The van der Waals surface area contributed by atoms with E-state index in [1.54, 1.807) is 24.4 Å². The number of nitrogens with zero attached hydrogens (tertiary/aromatic N) is 4. The van der Waals surface area contributed by atoms with Gasteiger partial charge in [0.25, 0.3) is 5.91 Å². The van der Waals surface area contributed by atoms with Crippen LogP contribution in [0.5, 0.6) is 0 Å². The Morgan fingerprint density at radius 2 is 1.46 bits per heavy atom. The van der Waals surface area contributed by atoms with Crippen molar-refractivity contribution in [3.8, 4) is 11.3 Å². The highest BCUT2D eigenvalue weighted by molar-refractivity contribution is 6.35. The zero-order chi connectivity index (χ0) is 27.4. The number of halogens is 2. The molecule has 0 aliphatic carbocycles. The SMILES string of the molecule is CC(=O)Nc1ccc(-c2ccnc(Nc3ccc(N4CCN(C(=O)c5cc(Cl)cc(Cl)c5)CC4)cc3)n2)cc1. The number of rotatable bonds is 6. The monoisotopic (exact) mass is 560 g/mol. The summed E-state index contributed by atoms with van der Waals surface area (Å²) >= 11 is 12.1. The maximum Gasteiger partial charge on any atom is 0.254 e. The molecule has 1 fully saturated rings. The van der Waals surface area contributed by atoms with E-state index in [2.05, 4.69) is 25.5 Å². The molecule has 10 heteroatoms. The average Bonchev–Trinajstić information content (AvgIpc) is 2.93. The van der Waals surface area contributed by atoms with Gasteiger partial charge in [-0.2, -0.15) is 0 Å². The molecule has 1 aliphatic rings. The fourth-order valence-electron chi connectivity index (χ4n) is 4.42. The highest BCUT2D eigenvalue weighted by Crippen LogP contribution is 2.25. The summed E-state index contributed by atoms with van der Waals surface area (Å²) in [6.07, 6.45) is 1.71. The van der Waals surface area contributed by atoms with Crippen LogP contribution >= 0.6 is 23.2 Å². The second kappa shape index (κ2) is 11.7. The van der Waals surface area contributed by atoms with Crippen LogP contribution in [-0.2, 0) is 4.79 Å². The van der Waals surface area contributed by atoms with Crippen LogP contribution in [0.25, 0.3) is 11.3 Å². The van der Waals surface area contributed by atoms with E-state index in [1.807, 2.05) is 59.5 Å². The Morgan fingerprint density at radius 1 is 0.821 bits per heavy atom. The maximum absolute atomic E-state index is 12.9.